The molecule has 0 aromatic heterocycles. The number of ether oxygens (including phenoxy) is 1. The maximum atomic E-state index is 11.5. The van der Waals surface area contributed by atoms with Crippen molar-refractivity contribution in [3.8, 4) is 5.75 Å². The molecule has 0 atom stereocenters. The third kappa shape index (κ3) is 6.02. The van der Waals surface area contributed by atoms with Crippen molar-refractivity contribution >= 4 is 21.8 Å². The molecule has 0 saturated carbocycles. The Morgan fingerprint density at radius 1 is 1.44 bits per heavy atom. The molecule has 1 aromatic carbocycles. The third-order valence-electron chi connectivity index (χ3n) is 2.16. The first-order chi connectivity index (χ1) is 8.38. The molecule has 0 bridgehead atoms. The molecule has 0 aliphatic rings. The summed E-state index contributed by atoms with van der Waals surface area (Å²) in [5, 5.41) is 2.77. The van der Waals surface area contributed by atoms with Gasteiger partial charge in [-0.25, -0.2) is 0 Å². The molecule has 4 nitrogen and oxygen atoms in total. The van der Waals surface area contributed by atoms with E-state index in [4.69, 9.17) is 10.5 Å². The molecule has 0 heterocycles. The van der Waals surface area contributed by atoms with Crippen molar-refractivity contribution in [2.24, 2.45) is 5.73 Å². The number of nitrogens with two attached hydrogens (primary N) is 1. The summed E-state index contributed by atoms with van der Waals surface area (Å²) in [6, 6.07) is 7.54. The van der Waals surface area contributed by atoms with E-state index in [2.05, 4.69) is 21.2 Å². The van der Waals surface area contributed by atoms with E-state index < -0.39 is 0 Å². The molecule has 0 fully saturated rings. The van der Waals surface area contributed by atoms with Crippen LogP contribution in [0.2, 0.25) is 0 Å². The van der Waals surface area contributed by atoms with Crippen molar-refractivity contribution in [1.82, 2.24) is 5.32 Å². The highest BCUT2D eigenvalue weighted by atomic mass is 79.9. The van der Waals surface area contributed by atoms with Gasteiger partial charge in [0.2, 0.25) is 5.91 Å². The maximum Gasteiger partial charge on any atom is 0.223 e. The minimum atomic E-state index is -0.390. The van der Waals surface area contributed by atoms with Crippen LogP contribution in [-0.4, -0.2) is 24.6 Å². The Kier molecular flexibility index (Phi) is 5.62. The van der Waals surface area contributed by atoms with Crippen LogP contribution in [0.5, 0.6) is 5.75 Å². The van der Waals surface area contributed by atoms with Crippen LogP contribution in [0.4, 0.5) is 0 Å². The number of rotatable bonds is 6. The van der Waals surface area contributed by atoms with Crippen LogP contribution in [0.3, 0.4) is 0 Å². The first kappa shape index (κ1) is 15.0. The standard InChI is InChI=1S/C13H19BrN2O2/c1-13(2,15)9-16-12(17)7-8-18-11-6-4-3-5-10(11)14/h3-6H,7-9,15H2,1-2H3,(H,16,17). The number of hydrogen-bond acceptors (Lipinski definition) is 3. The number of carbonyl (C=O) groups excluding carboxylic acids is 1. The number of halogens is 1. The number of nitrogens with one attached hydrogen (secondary N) is 1. The molecule has 0 spiro atoms. The van der Waals surface area contributed by atoms with Crippen molar-refractivity contribution < 1.29 is 9.53 Å². The molecule has 0 radical (unpaired) electrons. The minimum Gasteiger partial charge on any atom is -0.492 e. The van der Waals surface area contributed by atoms with Crippen LogP contribution in [0, 0.1) is 0 Å². The van der Waals surface area contributed by atoms with Crippen molar-refractivity contribution in [2.45, 2.75) is 25.8 Å². The van der Waals surface area contributed by atoms with Gasteiger partial charge in [0.05, 0.1) is 17.5 Å². The van der Waals surface area contributed by atoms with Crippen LogP contribution in [0.1, 0.15) is 20.3 Å². The van der Waals surface area contributed by atoms with E-state index in [9.17, 15) is 4.79 Å². The Morgan fingerprint density at radius 2 is 2.11 bits per heavy atom. The Bertz CT molecular complexity index is 402. The van der Waals surface area contributed by atoms with Crippen LogP contribution < -0.4 is 15.8 Å². The van der Waals surface area contributed by atoms with Crippen molar-refractivity contribution in [3.05, 3.63) is 28.7 Å². The maximum absolute atomic E-state index is 11.5. The number of carbonyl (C=O) groups is 1. The van der Waals surface area contributed by atoms with Gasteiger partial charge in [0.25, 0.3) is 0 Å². The van der Waals surface area contributed by atoms with E-state index in [-0.39, 0.29) is 11.4 Å². The first-order valence-corrected chi connectivity index (χ1v) is 6.61. The zero-order valence-corrected chi connectivity index (χ0v) is 12.3. The van der Waals surface area contributed by atoms with Crippen LogP contribution in [0.25, 0.3) is 0 Å². The van der Waals surface area contributed by atoms with E-state index >= 15 is 0 Å². The lowest BCUT2D eigenvalue weighted by molar-refractivity contribution is -0.121. The van der Waals surface area contributed by atoms with E-state index in [0.29, 0.717) is 19.6 Å². The number of para-hydroxylation sites is 1. The van der Waals surface area contributed by atoms with Crippen LogP contribution in [-0.2, 0) is 4.79 Å². The fraction of sp³-hybridized carbons (Fsp3) is 0.462. The van der Waals surface area contributed by atoms with Gasteiger partial charge in [0, 0.05) is 12.1 Å². The van der Waals surface area contributed by atoms with Gasteiger partial charge in [-0.2, -0.15) is 0 Å². The molecule has 18 heavy (non-hydrogen) atoms. The van der Waals surface area contributed by atoms with Gasteiger partial charge in [0.1, 0.15) is 5.75 Å². The molecular weight excluding hydrogens is 296 g/mol. The Balaban J connectivity index is 2.26. The quantitative estimate of drug-likeness (QED) is 0.845. The summed E-state index contributed by atoms with van der Waals surface area (Å²) in [6.45, 7) is 4.54. The molecule has 100 valence electrons. The predicted octanol–water partition coefficient (Wildman–Crippen LogP) is 2.07. The number of amides is 1. The number of hydrogen-bond donors (Lipinski definition) is 2. The fourth-order valence-electron chi connectivity index (χ4n) is 1.23. The lowest BCUT2D eigenvalue weighted by Crippen LogP contribution is -2.45. The van der Waals surface area contributed by atoms with Gasteiger partial charge in [-0.05, 0) is 41.9 Å². The van der Waals surface area contributed by atoms with Gasteiger partial charge in [-0.1, -0.05) is 12.1 Å². The predicted molar refractivity (Wildman–Crippen MR) is 75.5 cm³/mol. The van der Waals surface area contributed by atoms with E-state index in [1.165, 1.54) is 0 Å². The average Bonchev–Trinajstić information content (AvgIpc) is 2.28. The summed E-state index contributed by atoms with van der Waals surface area (Å²) < 4.78 is 6.38. The minimum absolute atomic E-state index is 0.0550. The molecular formula is C13H19BrN2O2. The summed E-state index contributed by atoms with van der Waals surface area (Å²) in [5.41, 5.74) is 5.38. The zero-order chi connectivity index (χ0) is 13.6. The first-order valence-electron chi connectivity index (χ1n) is 5.81. The van der Waals surface area contributed by atoms with Gasteiger partial charge in [-0.15, -0.1) is 0 Å². The molecule has 1 aromatic rings. The van der Waals surface area contributed by atoms with Crippen LogP contribution in [0.15, 0.2) is 28.7 Å². The smallest absolute Gasteiger partial charge is 0.223 e. The highest BCUT2D eigenvalue weighted by Crippen LogP contribution is 2.23. The lowest BCUT2D eigenvalue weighted by Gasteiger charge is -2.18. The monoisotopic (exact) mass is 314 g/mol. The van der Waals surface area contributed by atoms with Gasteiger partial charge in [0.15, 0.2) is 0 Å². The lowest BCUT2D eigenvalue weighted by atomic mass is 10.1. The molecule has 3 N–H and O–H groups in total. The fourth-order valence-corrected chi connectivity index (χ4v) is 1.63. The Morgan fingerprint density at radius 3 is 2.72 bits per heavy atom. The van der Waals surface area contributed by atoms with Crippen LogP contribution >= 0.6 is 15.9 Å². The van der Waals surface area contributed by atoms with Gasteiger partial charge in [-0.3, -0.25) is 4.79 Å². The van der Waals surface area contributed by atoms with Gasteiger partial charge < -0.3 is 15.8 Å². The van der Waals surface area contributed by atoms with Gasteiger partial charge >= 0.3 is 0 Å². The topological polar surface area (TPSA) is 64.3 Å². The molecule has 1 amide bonds. The second-order valence-corrected chi connectivity index (χ2v) is 5.65. The molecule has 1 rings (SSSR count). The summed E-state index contributed by atoms with van der Waals surface area (Å²) in [7, 11) is 0. The van der Waals surface area contributed by atoms with E-state index in [1.807, 2.05) is 38.1 Å². The molecule has 0 aliphatic heterocycles. The normalized spacial score (nSPS) is 11.1. The summed E-state index contributed by atoms with van der Waals surface area (Å²) >= 11 is 3.38. The second-order valence-electron chi connectivity index (χ2n) is 4.79. The van der Waals surface area contributed by atoms with Crippen molar-refractivity contribution in [3.63, 3.8) is 0 Å². The highest BCUT2D eigenvalue weighted by molar-refractivity contribution is 9.10. The van der Waals surface area contributed by atoms with Crippen molar-refractivity contribution in [2.75, 3.05) is 13.2 Å². The summed E-state index contributed by atoms with van der Waals surface area (Å²) in [5.74, 6) is 0.685. The second kappa shape index (κ2) is 6.75. The van der Waals surface area contributed by atoms with Crippen molar-refractivity contribution in [1.29, 1.82) is 0 Å². The molecule has 0 unspecified atom stereocenters. The molecule has 0 saturated heterocycles. The molecule has 5 heteroatoms. The zero-order valence-electron chi connectivity index (χ0n) is 10.7. The Labute approximate surface area is 116 Å². The summed E-state index contributed by atoms with van der Waals surface area (Å²) in [6.07, 6.45) is 0.317. The van der Waals surface area contributed by atoms with E-state index in [0.717, 1.165) is 10.2 Å². The largest absolute Gasteiger partial charge is 0.492 e. The Hall–Kier alpha value is -1.07. The average molecular weight is 315 g/mol. The SMILES string of the molecule is CC(C)(N)CNC(=O)CCOc1ccccc1Br. The number of benzene rings is 1. The highest BCUT2D eigenvalue weighted by Gasteiger charge is 2.12. The van der Waals surface area contributed by atoms with E-state index in [1.54, 1.807) is 0 Å². The molecule has 0 aliphatic carbocycles. The third-order valence-corrected chi connectivity index (χ3v) is 2.82. The summed E-state index contributed by atoms with van der Waals surface area (Å²) in [4.78, 5) is 11.5.